The molecule has 25 heavy (non-hydrogen) atoms. The lowest BCUT2D eigenvalue weighted by molar-refractivity contribution is 0.0637. The van der Waals surface area contributed by atoms with Gasteiger partial charge >= 0.3 is 0 Å². The largest absolute Gasteiger partial charge is 0.396 e. The van der Waals surface area contributed by atoms with Gasteiger partial charge in [0.05, 0.1) is 11.4 Å². The highest BCUT2D eigenvalue weighted by Gasteiger charge is 2.34. The van der Waals surface area contributed by atoms with E-state index in [0.717, 1.165) is 56.2 Å². The Balaban J connectivity index is 1.72. The summed E-state index contributed by atoms with van der Waals surface area (Å²) < 4.78 is 0. The third kappa shape index (κ3) is 4.49. The second-order valence-corrected chi connectivity index (χ2v) is 7.69. The molecule has 0 aliphatic carbocycles. The first kappa shape index (κ1) is 18.5. The van der Waals surface area contributed by atoms with Gasteiger partial charge in [0.2, 0.25) is 0 Å². The van der Waals surface area contributed by atoms with Crippen LogP contribution in [-0.4, -0.2) is 83.8 Å². The van der Waals surface area contributed by atoms with E-state index in [-0.39, 0.29) is 6.61 Å². The Morgan fingerprint density at radius 1 is 1.16 bits per heavy atom. The molecule has 1 N–H and O–H groups in total. The van der Waals surface area contributed by atoms with Crippen molar-refractivity contribution < 1.29 is 5.11 Å². The summed E-state index contributed by atoms with van der Waals surface area (Å²) in [6.07, 6.45) is 5.00. The third-order valence-electron chi connectivity index (χ3n) is 5.78. The number of aliphatic hydroxyl groups excluding tert-OH is 1. The van der Waals surface area contributed by atoms with Crippen molar-refractivity contribution in [3.05, 3.63) is 17.6 Å². The topological polar surface area (TPSA) is 55.7 Å². The first-order valence-corrected chi connectivity index (χ1v) is 9.67. The molecule has 1 aromatic heterocycles. The predicted octanol–water partition coefficient (Wildman–Crippen LogP) is 1.31. The van der Waals surface area contributed by atoms with Crippen molar-refractivity contribution in [3.63, 3.8) is 0 Å². The van der Waals surface area contributed by atoms with E-state index in [2.05, 4.69) is 33.7 Å². The fourth-order valence-electron chi connectivity index (χ4n) is 4.31. The van der Waals surface area contributed by atoms with Gasteiger partial charge in [0.15, 0.2) is 0 Å². The maximum absolute atomic E-state index is 9.34. The lowest BCUT2D eigenvalue weighted by Crippen LogP contribution is -2.56. The zero-order valence-electron chi connectivity index (χ0n) is 16.0. The summed E-state index contributed by atoms with van der Waals surface area (Å²) in [5.74, 6) is 1.64. The fraction of sp³-hybridized carbons (Fsp3) is 0.789. The van der Waals surface area contributed by atoms with E-state index >= 15 is 0 Å². The van der Waals surface area contributed by atoms with Crippen LogP contribution in [0.25, 0.3) is 0 Å². The van der Waals surface area contributed by atoms with Crippen LogP contribution < -0.4 is 4.90 Å². The standard InChI is InChI=1S/C19H33N5O/c1-15-13-20-16(2)19(21-15)24-7-6-18(17(14-24)5-4-12-25)23-10-8-22(3)9-11-23/h13,17-18,25H,4-12,14H2,1-3H3/t17-,18+/m1/s1. The summed E-state index contributed by atoms with van der Waals surface area (Å²) in [6.45, 7) is 11.1. The molecule has 0 unspecified atom stereocenters. The number of aryl methyl sites for hydroxylation is 2. The van der Waals surface area contributed by atoms with Gasteiger partial charge in [-0.3, -0.25) is 9.88 Å². The second-order valence-electron chi connectivity index (χ2n) is 7.69. The summed E-state index contributed by atoms with van der Waals surface area (Å²) in [4.78, 5) is 16.8. The molecule has 3 heterocycles. The Kier molecular flexibility index (Phi) is 6.25. The fourth-order valence-corrected chi connectivity index (χ4v) is 4.31. The number of piperazine rings is 1. The van der Waals surface area contributed by atoms with Crippen LogP contribution in [0.2, 0.25) is 0 Å². The Hall–Kier alpha value is -1.24. The Morgan fingerprint density at radius 2 is 1.92 bits per heavy atom. The number of anilines is 1. The lowest BCUT2D eigenvalue weighted by Gasteiger charge is -2.47. The number of hydrogen-bond acceptors (Lipinski definition) is 6. The monoisotopic (exact) mass is 347 g/mol. The van der Waals surface area contributed by atoms with Gasteiger partial charge in [-0.1, -0.05) is 0 Å². The minimum atomic E-state index is 0.287. The number of likely N-dealkylation sites (N-methyl/N-ethyl adjacent to an activating group) is 1. The van der Waals surface area contributed by atoms with Gasteiger partial charge in [-0.2, -0.15) is 0 Å². The van der Waals surface area contributed by atoms with Crippen LogP contribution in [-0.2, 0) is 0 Å². The smallest absolute Gasteiger partial charge is 0.150 e. The molecule has 0 saturated carbocycles. The number of rotatable bonds is 5. The number of hydrogen-bond donors (Lipinski definition) is 1. The average molecular weight is 348 g/mol. The molecule has 0 spiro atoms. The van der Waals surface area contributed by atoms with Crippen LogP contribution in [0.5, 0.6) is 0 Å². The highest BCUT2D eigenvalue weighted by molar-refractivity contribution is 5.44. The van der Waals surface area contributed by atoms with Crippen LogP contribution in [0.3, 0.4) is 0 Å². The number of aromatic nitrogens is 2. The van der Waals surface area contributed by atoms with Gasteiger partial charge in [-0.05, 0) is 46.1 Å². The maximum atomic E-state index is 9.34. The minimum absolute atomic E-state index is 0.287. The molecule has 6 heteroatoms. The zero-order chi connectivity index (χ0) is 17.8. The summed E-state index contributed by atoms with van der Waals surface area (Å²) in [6, 6.07) is 0.634. The zero-order valence-corrected chi connectivity index (χ0v) is 16.0. The highest BCUT2D eigenvalue weighted by Crippen LogP contribution is 2.30. The molecule has 0 amide bonds. The maximum Gasteiger partial charge on any atom is 0.150 e. The molecule has 2 fully saturated rings. The van der Waals surface area contributed by atoms with E-state index in [0.29, 0.717) is 12.0 Å². The third-order valence-corrected chi connectivity index (χ3v) is 5.78. The molecule has 3 rings (SSSR count). The van der Waals surface area contributed by atoms with Gasteiger partial charge in [0.1, 0.15) is 5.82 Å². The summed E-state index contributed by atoms with van der Waals surface area (Å²) in [7, 11) is 2.21. The number of piperidine rings is 1. The molecular formula is C19H33N5O. The minimum Gasteiger partial charge on any atom is -0.396 e. The lowest BCUT2D eigenvalue weighted by atomic mass is 9.86. The van der Waals surface area contributed by atoms with Crippen LogP contribution >= 0.6 is 0 Å². The molecule has 0 aromatic carbocycles. The Morgan fingerprint density at radius 3 is 2.64 bits per heavy atom. The van der Waals surface area contributed by atoms with E-state index in [9.17, 15) is 5.11 Å². The molecule has 0 radical (unpaired) electrons. The van der Waals surface area contributed by atoms with E-state index in [1.807, 2.05) is 13.1 Å². The second kappa shape index (κ2) is 8.43. The van der Waals surface area contributed by atoms with Crippen molar-refractivity contribution in [2.75, 3.05) is 57.8 Å². The van der Waals surface area contributed by atoms with E-state index in [1.165, 1.54) is 19.5 Å². The van der Waals surface area contributed by atoms with E-state index < -0.39 is 0 Å². The summed E-state index contributed by atoms with van der Waals surface area (Å²) in [5.41, 5.74) is 2.00. The van der Waals surface area contributed by atoms with Crippen molar-refractivity contribution in [2.45, 2.75) is 39.2 Å². The van der Waals surface area contributed by atoms with Gasteiger partial charge in [-0.25, -0.2) is 4.98 Å². The summed E-state index contributed by atoms with van der Waals surface area (Å²) in [5, 5.41) is 9.34. The van der Waals surface area contributed by atoms with Crippen molar-refractivity contribution in [1.82, 2.24) is 19.8 Å². The molecule has 2 aliphatic rings. The van der Waals surface area contributed by atoms with Gasteiger partial charge in [0.25, 0.3) is 0 Å². The molecule has 140 valence electrons. The summed E-state index contributed by atoms with van der Waals surface area (Å²) >= 11 is 0. The Labute approximate surface area is 151 Å². The van der Waals surface area contributed by atoms with Crippen LogP contribution in [0.4, 0.5) is 5.82 Å². The SMILES string of the molecule is Cc1cnc(C)c(N2CC[C@H](N3CCN(C)CC3)[C@H](CCCO)C2)n1. The van der Waals surface area contributed by atoms with Crippen molar-refractivity contribution in [1.29, 1.82) is 0 Å². The quantitative estimate of drug-likeness (QED) is 0.867. The molecular weight excluding hydrogens is 314 g/mol. The van der Waals surface area contributed by atoms with Crippen molar-refractivity contribution >= 4 is 5.82 Å². The first-order valence-electron chi connectivity index (χ1n) is 9.67. The number of aliphatic hydroxyl groups is 1. The molecule has 1 aromatic rings. The molecule has 2 aliphatic heterocycles. The van der Waals surface area contributed by atoms with Crippen molar-refractivity contribution in [2.24, 2.45) is 5.92 Å². The highest BCUT2D eigenvalue weighted by atomic mass is 16.2. The molecule has 2 saturated heterocycles. The molecule has 2 atom stereocenters. The Bertz CT molecular complexity index is 559. The average Bonchev–Trinajstić information content (AvgIpc) is 2.62. The van der Waals surface area contributed by atoms with Crippen LogP contribution in [0, 0.1) is 19.8 Å². The molecule has 0 bridgehead atoms. The van der Waals surface area contributed by atoms with Crippen molar-refractivity contribution in [3.8, 4) is 0 Å². The van der Waals surface area contributed by atoms with Gasteiger partial charge < -0.3 is 14.9 Å². The van der Waals surface area contributed by atoms with Gasteiger partial charge in [0, 0.05) is 58.1 Å². The molecule has 6 nitrogen and oxygen atoms in total. The van der Waals surface area contributed by atoms with E-state index in [4.69, 9.17) is 4.98 Å². The predicted molar refractivity (Wildman–Crippen MR) is 101 cm³/mol. The number of nitrogens with zero attached hydrogens (tertiary/aromatic N) is 5. The normalized spacial score (nSPS) is 26.2. The van der Waals surface area contributed by atoms with Crippen LogP contribution in [0.1, 0.15) is 30.7 Å². The first-order chi connectivity index (χ1) is 12.1. The van der Waals surface area contributed by atoms with Crippen LogP contribution in [0.15, 0.2) is 6.20 Å². The van der Waals surface area contributed by atoms with E-state index in [1.54, 1.807) is 0 Å². The van der Waals surface area contributed by atoms with Gasteiger partial charge in [-0.15, -0.1) is 0 Å².